The molecule has 182 valence electrons. The van der Waals surface area contributed by atoms with Crippen LogP contribution in [0.2, 0.25) is 0 Å². The number of likely N-dealkylation sites (tertiary alicyclic amines) is 1. The Balaban J connectivity index is 0.000000408. The van der Waals surface area contributed by atoms with Crippen molar-refractivity contribution < 1.29 is 14.6 Å². The highest BCUT2D eigenvalue weighted by atomic mass is 16.5. The molecule has 6 nitrogen and oxygen atoms in total. The molecule has 3 heterocycles. The number of fused-ring (bicyclic) bond motifs is 2. The highest BCUT2D eigenvalue weighted by molar-refractivity contribution is 5.89. The summed E-state index contributed by atoms with van der Waals surface area (Å²) in [7, 11) is 1.96. The van der Waals surface area contributed by atoms with E-state index in [1.54, 1.807) is 0 Å². The number of carbonyl (C=O) groups excluding carboxylic acids is 1. The van der Waals surface area contributed by atoms with Crippen molar-refractivity contribution in [3.63, 3.8) is 0 Å². The Bertz CT molecular complexity index is 1150. The number of nitrogens with zero attached hydrogens (tertiary/aromatic N) is 1. The molecule has 6 heteroatoms. The van der Waals surface area contributed by atoms with Crippen molar-refractivity contribution in [3.8, 4) is 16.9 Å². The summed E-state index contributed by atoms with van der Waals surface area (Å²) in [6.45, 7) is 9.14. The molecule has 0 aliphatic carbocycles. The largest absolute Gasteiger partial charge is 0.492 e. The van der Waals surface area contributed by atoms with E-state index in [4.69, 9.17) is 4.74 Å². The third kappa shape index (κ3) is 5.52. The topological polar surface area (TPSA) is 77.6 Å². The lowest BCUT2D eigenvalue weighted by molar-refractivity contribution is 0.112. The molecular weight excluding hydrogens is 426 g/mol. The average molecular weight is 464 g/mol. The molecule has 1 saturated heterocycles. The Morgan fingerprint density at radius 2 is 2.00 bits per heavy atom. The van der Waals surface area contributed by atoms with Gasteiger partial charge in [-0.25, -0.2) is 0 Å². The maximum Gasteiger partial charge on any atom is 0.153 e. The van der Waals surface area contributed by atoms with E-state index in [1.807, 2.05) is 13.1 Å². The summed E-state index contributed by atoms with van der Waals surface area (Å²) in [5, 5.41) is 13.8. The molecule has 0 bridgehead atoms. The van der Waals surface area contributed by atoms with E-state index in [0.29, 0.717) is 17.7 Å². The van der Waals surface area contributed by atoms with Crippen LogP contribution in [0.25, 0.3) is 22.0 Å². The third-order valence-corrected chi connectivity index (χ3v) is 6.78. The molecule has 1 aromatic heterocycles. The Labute approximate surface area is 202 Å². The van der Waals surface area contributed by atoms with Gasteiger partial charge in [0.2, 0.25) is 0 Å². The second-order valence-electron chi connectivity index (χ2n) is 10.3. The van der Waals surface area contributed by atoms with E-state index in [1.165, 1.54) is 5.69 Å². The number of ether oxygens (including phenoxy) is 1. The number of aromatic amines is 1. The normalized spacial score (nSPS) is 17.9. The predicted molar refractivity (Wildman–Crippen MR) is 138 cm³/mol. The number of hydrogen-bond donors (Lipinski definition) is 3. The third-order valence-electron chi connectivity index (χ3n) is 6.78. The predicted octanol–water partition coefficient (Wildman–Crippen LogP) is 4.54. The van der Waals surface area contributed by atoms with Crippen molar-refractivity contribution in [1.29, 1.82) is 0 Å². The van der Waals surface area contributed by atoms with E-state index in [0.717, 1.165) is 72.0 Å². The summed E-state index contributed by atoms with van der Waals surface area (Å²) >= 11 is 0. The lowest BCUT2D eigenvalue weighted by atomic mass is 9.98. The van der Waals surface area contributed by atoms with Crippen molar-refractivity contribution in [2.75, 3.05) is 26.8 Å². The average Bonchev–Trinajstić information content (AvgIpc) is 3.56. The molecule has 5 rings (SSSR count). The molecule has 2 aromatic carbocycles. The van der Waals surface area contributed by atoms with E-state index >= 15 is 0 Å². The van der Waals surface area contributed by atoms with Gasteiger partial charge in [-0.15, -0.1) is 0 Å². The first kappa shape index (κ1) is 24.5. The summed E-state index contributed by atoms with van der Waals surface area (Å²) in [5.74, 6) is 0.743. The van der Waals surface area contributed by atoms with Crippen molar-refractivity contribution >= 4 is 17.2 Å². The Morgan fingerprint density at radius 1 is 1.21 bits per heavy atom. The number of rotatable bonds is 5. The van der Waals surface area contributed by atoms with Crippen LogP contribution in [0, 0.1) is 0 Å². The molecular formula is C28H37N3O3. The fourth-order valence-electron chi connectivity index (χ4n) is 4.58. The van der Waals surface area contributed by atoms with E-state index < -0.39 is 0 Å². The van der Waals surface area contributed by atoms with Gasteiger partial charge in [0.25, 0.3) is 0 Å². The number of aliphatic hydroxyl groups is 1. The van der Waals surface area contributed by atoms with E-state index in [2.05, 4.69) is 66.3 Å². The van der Waals surface area contributed by atoms with Crippen LogP contribution in [0.3, 0.4) is 0 Å². The van der Waals surface area contributed by atoms with Crippen molar-refractivity contribution in [1.82, 2.24) is 15.2 Å². The highest BCUT2D eigenvalue weighted by Gasteiger charge is 2.24. The van der Waals surface area contributed by atoms with Crippen LogP contribution in [0.5, 0.6) is 5.75 Å². The SMILES string of the molecule is CNC(C)(C)C.O=Cc1cc(-c2ccc3[nH]c(CN4CCCC4CO)cc3c2)cc2c1OCC2. The van der Waals surface area contributed by atoms with Gasteiger partial charge >= 0.3 is 0 Å². The maximum absolute atomic E-state index is 11.5. The number of H-pyrrole nitrogens is 1. The van der Waals surface area contributed by atoms with Gasteiger partial charge in [0.1, 0.15) is 5.75 Å². The molecule has 0 saturated carbocycles. The van der Waals surface area contributed by atoms with Crippen LogP contribution in [0.1, 0.15) is 55.2 Å². The highest BCUT2D eigenvalue weighted by Crippen LogP contribution is 2.35. The maximum atomic E-state index is 11.5. The number of aromatic nitrogens is 1. The number of hydrogen-bond acceptors (Lipinski definition) is 5. The Kier molecular flexibility index (Phi) is 7.41. The fourth-order valence-corrected chi connectivity index (χ4v) is 4.58. The molecule has 2 aliphatic rings. The van der Waals surface area contributed by atoms with Gasteiger partial charge in [0.15, 0.2) is 6.29 Å². The van der Waals surface area contributed by atoms with Gasteiger partial charge in [-0.3, -0.25) is 9.69 Å². The summed E-state index contributed by atoms with van der Waals surface area (Å²) in [6, 6.07) is 12.9. The van der Waals surface area contributed by atoms with E-state index in [9.17, 15) is 9.90 Å². The Hall–Kier alpha value is -2.67. The number of aldehydes is 1. The molecule has 1 unspecified atom stereocenters. The molecule has 3 aromatic rings. The van der Waals surface area contributed by atoms with Crippen LogP contribution in [0.4, 0.5) is 0 Å². The van der Waals surface area contributed by atoms with Crippen LogP contribution in [-0.2, 0) is 13.0 Å². The van der Waals surface area contributed by atoms with Crippen LogP contribution in [0.15, 0.2) is 36.4 Å². The number of carbonyl (C=O) groups is 1. The number of aliphatic hydroxyl groups excluding tert-OH is 1. The fraction of sp³-hybridized carbons (Fsp3) is 0.464. The first-order valence-corrected chi connectivity index (χ1v) is 12.2. The number of nitrogens with one attached hydrogen (secondary N) is 2. The molecule has 1 atom stereocenters. The molecule has 1 fully saturated rings. The zero-order valence-corrected chi connectivity index (χ0v) is 20.8. The van der Waals surface area contributed by atoms with E-state index in [-0.39, 0.29) is 12.6 Å². The molecule has 2 aliphatic heterocycles. The summed E-state index contributed by atoms with van der Waals surface area (Å²) in [4.78, 5) is 17.3. The molecule has 0 amide bonds. The van der Waals surface area contributed by atoms with Gasteiger partial charge < -0.3 is 20.1 Å². The monoisotopic (exact) mass is 463 g/mol. The second-order valence-corrected chi connectivity index (χ2v) is 10.3. The lowest BCUT2D eigenvalue weighted by Crippen LogP contribution is -2.31. The van der Waals surface area contributed by atoms with Crippen molar-refractivity contribution in [2.45, 2.75) is 58.2 Å². The van der Waals surface area contributed by atoms with Crippen LogP contribution in [-0.4, -0.2) is 59.7 Å². The zero-order valence-electron chi connectivity index (χ0n) is 20.8. The van der Waals surface area contributed by atoms with Crippen molar-refractivity contribution in [3.05, 3.63) is 53.2 Å². The second kappa shape index (κ2) is 10.3. The Morgan fingerprint density at radius 3 is 2.71 bits per heavy atom. The summed E-state index contributed by atoms with van der Waals surface area (Å²) in [5.41, 5.74) is 6.46. The lowest BCUT2D eigenvalue weighted by Gasteiger charge is -2.21. The molecule has 3 N–H and O–H groups in total. The van der Waals surface area contributed by atoms with Gasteiger partial charge in [-0.05, 0) is 94.2 Å². The van der Waals surface area contributed by atoms with Crippen LogP contribution >= 0.6 is 0 Å². The van der Waals surface area contributed by atoms with Gasteiger partial charge in [-0.1, -0.05) is 6.07 Å². The van der Waals surface area contributed by atoms with Gasteiger partial charge in [0, 0.05) is 41.1 Å². The summed E-state index contributed by atoms with van der Waals surface area (Å²) < 4.78 is 5.61. The quantitative estimate of drug-likeness (QED) is 0.484. The first-order chi connectivity index (χ1) is 16.3. The van der Waals surface area contributed by atoms with Crippen LogP contribution < -0.4 is 10.1 Å². The van der Waals surface area contributed by atoms with Crippen molar-refractivity contribution in [2.24, 2.45) is 0 Å². The minimum absolute atomic E-state index is 0.228. The molecule has 34 heavy (non-hydrogen) atoms. The standard InChI is InChI=1S/C23H24N2O3.C5H13N/c26-13-19-10-17(9-16-5-7-28-23(16)19)15-3-4-22-18(8-15)11-20(24-22)12-25-6-1-2-21(25)14-27;1-5(2,3)6-4/h3-4,8-11,13,21,24,27H,1-2,5-7,12,14H2;6H,1-4H3. The minimum Gasteiger partial charge on any atom is -0.492 e. The summed E-state index contributed by atoms with van der Waals surface area (Å²) in [6.07, 6.45) is 3.95. The minimum atomic E-state index is 0.228. The van der Waals surface area contributed by atoms with Gasteiger partial charge in [0.05, 0.1) is 18.8 Å². The molecule has 0 spiro atoms. The van der Waals surface area contributed by atoms with Gasteiger partial charge in [-0.2, -0.15) is 0 Å². The zero-order chi connectivity index (χ0) is 24.3. The number of benzene rings is 2. The molecule has 0 radical (unpaired) electrons. The first-order valence-electron chi connectivity index (χ1n) is 12.2. The smallest absolute Gasteiger partial charge is 0.153 e.